The van der Waals surface area contributed by atoms with Crippen LogP contribution in [0.4, 0.5) is 0 Å². The van der Waals surface area contributed by atoms with Gasteiger partial charge in [-0.05, 0) is 32.0 Å². The van der Waals surface area contributed by atoms with Gasteiger partial charge in [0.15, 0.2) is 0 Å². The van der Waals surface area contributed by atoms with E-state index >= 15 is 0 Å². The highest BCUT2D eigenvalue weighted by molar-refractivity contribution is 7.14. The molecule has 1 aromatic heterocycles. The molecule has 0 bridgehead atoms. The van der Waals surface area contributed by atoms with Crippen LogP contribution in [-0.2, 0) is 9.47 Å². The van der Waals surface area contributed by atoms with Gasteiger partial charge in [0, 0.05) is 36.3 Å². The van der Waals surface area contributed by atoms with Gasteiger partial charge < -0.3 is 14.2 Å². The number of esters is 1. The van der Waals surface area contributed by atoms with E-state index in [0.717, 1.165) is 21.9 Å². The number of methoxy groups -OCH3 is 1. The monoisotopic (exact) mass is 335 g/mol. The predicted molar refractivity (Wildman–Crippen MR) is 90.2 cm³/mol. The van der Waals surface area contributed by atoms with Gasteiger partial charge >= 0.3 is 5.97 Å². The predicted octanol–water partition coefficient (Wildman–Crippen LogP) is 3.71. The molecule has 0 spiro atoms. The van der Waals surface area contributed by atoms with Gasteiger partial charge in [-0.1, -0.05) is 0 Å². The number of aryl methyl sites for hydroxylation is 1. The number of hydrogen-bond donors (Lipinski definition) is 0. The molecule has 124 valence electrons. The molecule has 0 unspecified atom stereocenters. The lowest BCUT2D eigenvalue weighted by Crippen LogP contribution is -2.05. The first-order valence-corrected chi connectivity index (χ1v) is 8.32. The second-order valence-corrected chi connectivity index (χ2v) is 6.15. The summed E-state index contributed by atoms with van der Waals surface area (Å²) in [5.41, 5.74) is 1.31. The van der Waals surface area contributed by atoms with E-state index < -0.39 is 0 Å². The number of aromatic nitrogens is 1. The molecule has 2 aromatic rings. The van der Waals surface area contributed by atoms with Crippen LogP contribution in [0, 0.1) is 6.92 Å². The maximum Gasteiger partial charge on any atom is 0.338 e. The lowest BCUT2D eigenvalue weighted by Gasteiger charge is -2.10. The summed E-state index contributed by atoms with van der Waals surface area (Å²) in [4.78, 5) is 17.3. The fourth-order valence-corrected chi connectivity index (χ4v) is 2.78. The molecule has 0 atom stereocenters. The Morgan fingerprint density at radius 2 is 2.09 bits per heavy atom. The van der Waals surface area contributed by atoms with E-state index in [1.807, 2.05) is 26.1 Å². The van der Waals surface area contributed by atoms with Gasteiger partial charge in [0.05, 0.1) is 19.3 Å². The van der Waals surface area contributed by atoms with Crippen LogP contribution in [0.2, 0.25) is 0 Å². The SMILES string of the molecule is CCOCCCOc1cc(C(=O)OC)cc(-c2ncc(C)s2)c1. The molecule has 0 aliphatic carbocycles. The number of nitrogens with zero attached hydrogens (tertiary/aromatic N) is 1. The quantitative estimate of drug-likeness (QED) is 0.544. The van der Waals surface area contributed by atoms with Gasteiger partial charge in [0.2, 0.25) is 0 Å². The minimum atomic E-state index is -0.390. The Bertz CT molecular complexity index is 654. The van der Waals surface area contributed by atoms with Crippen molar-refractivity contribution in [1.82, 2.24) is 4.98 Å². The zero-order valence-electron chi connectivity index (χ0n) is 13.6. The van der Waals surface area contributed by atoms with Crippen LogP contribution in [0.25, 0.3) is 10.6 Å². The van der Waals surface area contributed by atoms with Gasteiger partial charge in [-0.2, -0.15) is 0 Å². The van der Waals surface area contributed by atoms with Gasteiger partial charge in [0.25, 0.3) is 0 Å². The zero-order valence-corrected chi connectivity index (χ0v) is 14.4. The minimum absolute atomic E-state index is 0.390. The third-order valence-electron chi connectivity index (χ3n) is 3.10. The Hall–Kier alpha value is -1.92. The van der Waals surface area contributed by atoms with Crippen LogP contribution in [0.1, 0.15) is 28.6 Å². The van der Waals surface area contributed by atoms with E-state index in [0.29, 0.717) is 31.1 Å². The van der Waals surface area contributed by atoms with Crippen LogP contribution in [0.3, 0.4) is 0 Å². The Morgan fingerprint density at radius 1 is 1.26 bits per heavy atom. The highest BCUT2D eigenvalue weighted by Gasteiger charge is 2.12. The number of thiazole rings is 1. The number of carbonyl (C=O) groups excluding carboxylic acids is 1. The maximum absolute atomic E-state index is 11.9. The molecule has 0 saturated carbocycles. The van der Waals surface area contributed by atoms with Crippen molar-refractivity contribution in [3.8, 4) is 16.3 Å². The molecule has 1 heterocycles. The van der Waals surface area contributed by atoms with Crippen molar-refractivity contribution in [3.05, 3.63) is 34.8 Å². The first-order valence-electron chi connectivity index (χ1n) is 7.50. The molecule has 0 aliphatic heterocycles. The molecule has 1 aromatic carbocycles. The van der Waals surface area contributed by atoms with E-state index in [4.69, 9.17) is 14.2 Å². The molecule has 5 nitrogen and oxygen atoms in total. The Labute approximate surface area is 140 Å². The van der Waals surface area contributed by atoms with Crippen molar-refractivity contribution in [1.29, 1.82) is 0 Å². The molecule has 0 radical (unpaired) electrons. The van der Waals surface area contributed by atoms with Crippen molar-refractivity contribution in [2.45, 2.75) is 20.3 Å². The average Bonchev–Trinajstić information content (AvgIpc) is 3.00. The first-order chi connectivity index (χ1) is 11.1. The number of ether oxygens (including phenoxy) is 3. The third kappa shape index (κ3) is 5.04. The fourth-order valence-electron chi connectivity index (χ4n) is 2.03. The van der Waals surface area contributed by atoms with E-state index in [2.05, 4.69) is 4.98 Å². The molecule has 0 amide bonds. The summed E-state index contributed by atoms with van der Waals surface area (Å²) in [6, 6.07) is 5.36. The zero-order chi connectivity index (χ0) is 16.7. The summed E-state index contributed by atoms with van der Waals surface area (Å²) >= 11 is 1.57. The lowest BCUT2D eigenvalue weighted by atomic mass is 10.1. The van der Waals surface area contributed by atoms with Crippen LogP contribution in [-0.4, -0.2) is 37.9 Å². The second kappa shape index (κ2) is 8.64. The molecular weight excluding hydrogens is 314 g/mol. The highest BCUT2D eigenvalue weighted by atomic mass is 32.1. The highest BCUT2D eigenvalue weighted by Crippen LogP contribution is 2.29. The Balaban J connectivity index is 2.18. The summed E-state index contributed by atoms with van der Waals surface area (Å²) < 4.78 is 15.8. The van der Waals surface area contributed by atoms with Crippen molar-refractivity contribution in [2.75, 3.05) is 26.9 Å². The molecule has 6 heteroatoms. The maximum atomic E-state index is 11.9. The largest absolute Gasteiger partial charge is 0.493 e. The summed E-state index contributed by atoms with van der Waals surface area (Å²) in [7, 11) is 1.37. The topological polar surface area (TPSA) is 57.7 Å². The van der Waals surface area contributed by atoms with Crippen LogP contribution in [0.5, 0.6) is 5.75 Å². The van der Waals surface area contributed by atoms with Crippen LogP contribution in [0.15, 0.2) is 24.4 Å². The van der Waals surface area contributed by atoms with E-state index in [1.54, 1.807) is 23.5 Å². The van der Waals surface area contributed by atoms with Gasteiger partial charge in [-0.15, -0.1) is 11.3 Å². The molecular formula is C17H21NO4S. The summed E-state index contributed by atoms with van der Waals surface area (Å²) in [6.45, 7) is 5.84. The molecule has 0 saturated heterocycles. The second-order valence-electron chi connectivity index (χ2n) is 4.91. The van der Waals surface area contributed by atoms with E-state index in [9.17, 15) is 4.79 Å². The minimum Gasteiger partial charge on any atom is -0.493 e. The summed E-state index contributed by atoms with van der Waals surface area (Å²) in [6.07, 6.45) is 2.61. The Kier molecular flexibility index (Phi) is 6.55. The van der Waals surface area contributed by atoms with E-state index in [-0.39, 0.29) is 5.97 Å². The lowest BCUT2D eigenvalue weighted by molar-refractivity contribution is 0.0600. The van der Waals surface area contributed by atoms with Crippen LogP contribution < -0.4 is 4.74 Å². The van der Waals surface area contributed by atoms with Gasteiger partial charge in [-0.3, -0.25) is 0 Å². The van der Waals surface area contributed by atoms with Gasteiger partial charge in [0.1, 0.15) is 10.8 Å². The average molecular weight is 335 g/mol. The molecule has 0 aliphatic rings. The van der Waals surface area contributed by atoms with Crippen molar-refractivity contribution in [3.63, 3.8) is 0 Å². The molecule has 23 heavy (non-hydrogen) atoms. The standard InChI is InChI=1S/C17H21NO4S/c1-4-21-6-5-7-22-15-9-13(16-18-11-12(2)23-16)8-14(10-15)17(19)20-3/h8-11H,4-7H2,1-3H3. The number of benzene rings is 1. The summed E-state index contributed by atoms with van der Waals surface area (Å²) in [5, 5.41) is 0.854. The number of hydrogen-bond acceptors (Lipinski definition) is 6. The van der Waals surface area contributed by atoms with Crippen molar-refractivity contribution >= 4 is 17.3 Å². The summed E-state index contributed by atoms with van der Waals surface area (Å²) in [5.74, 6) is 0.242. The molecule has 2 rings (SSSR count). The molecule has 0 N–H and O–H groups in total. The van der Waals surface area contributed by atoms with Crippen molar-refractivity contribution in [2.24, 2.45) is 0 Å². The third-order valence-corrected chi connectivity index (χ3v) is 4.06. The number of carbonyl (C=O) groups is 1. The van der Waals surface area contributed by atoms with Crippen LogP contribution >= 0.6 is 11.3 Å². The fraction of sp³-hybridized carbons (Fsp3) is 0.412. The Morgan fingerprint density at radius 3 is 2.74 bits per heavy atom. The van der Waals surface area contributed by atoms with Gasteiger partial charge in [-0.25, -0.2) is 9.78 Å². The van der Waals surface area contributed by atoms with Crippen molar-refractivity contribution < 1.29 is 19.0 Å². The smallest absolute Gasteiger partial charge is 0.338 e. The number of rotatable bonds is 8. The molecule has 0 fully saturated rings. The first kappa shape index (κ1) is 17.4. The van der Waals surface area contributed by atoms with E-state index in [1.165, 1.54) is 7.11 Å². The normalized spacial score (nSPS) is 10.6.